The van der Waals surface area contributed by atoms with Gasteiger partial charge < -0.3 is 29.9 Å². The summed E-state index contributed by atoms with van der Waals surface area (Å²) in [6.45, 7) is 0.809. The predicted molar refractivity (Wildman–Crippen MR) is 45.4 cm³/mol. The Balaban J connectivity index is 2.84. The molecule has 1 rings (SSSR count). The molecule has 0 aliphatic carbocycles. The molecule has 1 fully saturated rings. The van der Waals surface area contributed by atoms with E-state index in [1.54, 1.807) is 0 Å². The van der Waals surface area contributed by atoms with Gasteiger partial charge in [0.25, 0.3) is 0 Å². The second-order valence-electron chi connectivity index (χ2n) is 3.58. The van der Waals surface area contributed by atoms with Crippen LogP contribution in [0.15, 0.2) is 0 Å². The van der Waals surface area contributed by atoms with Gasteiger partial charge in [-0.15, -0.1) is 0 Å². The first-order valence-electron chi connectivity index (χ1n) is 4.32. The molecule has 1 aliphatic rings. The lowest BCUT2D eigenvalue weighted by molar-refractivity contribution is -0.322. The van der Waals surface area contributed by atoms with Gasteiger partial charge in [-0.2, -0.15) is 0 Å². The van der Waals surface area contributed by atoms with E-state index < -0.39 is 36.8 Å². The molecule has 5 atom stereocenters. The highest BCUT2D eigenvalue weighted by Gasteiger charge is 2.52. The van der Waals surface area contributed by atoms with E-state index in [1.807, 2.05) is 0 Å². The molecule has 84 valence electrons. The second kappa shape index (κ2) is 4.09. The Bertz CT molecular complexity index is 176. The van der Waals surface area contributed by atoms with E-state index in [9.17, 15) is 15.3 Å². The van der Waals surface area contributed by atoms with Crippen LogP contribution in [0, 0.1) is 0 Å². The lowest BCUT2D eigenvalue weighted by Crippen LogP contribution is -2.65. The van der Waals surface area contributed by atoms with Crippen LogP contribution in [0.4, 0.5) is 0 Å². The van der Waals surface area contributed by atoms with Crippen molar-refractivity contribution in [1.82, 2.24) is 0 Å². The molecule has 1 heterocycles. The van der Waals surface area contributed by atoms with Crippen LogP contribution in [0.3, 0.4) is 0 Å². The van der Waals surface area contributed by atoms with E-state index in [4.69, 9.17) is 14.6 Å². The zero-order valence-electron chi connectivity index (χ0n) is 8.12. The fourth-order valence-electron chi connectivity index (χ4n) is 1.48. The molecule has 0 bridgehead atoms. The number of aliphatic hydroxyl groups excluding tert-OH is 3. The summed E-state index contributed by atoms with van der Waals surface area (Å²) in [6, 6.07) is 0. The van der Waals surface area contributed by atoms with Crippen molar-refractivity contribution in [2.24, 2.45) is 0 Å². The van der Waals surface area contributed by atoms with E-state index >= 15 is 0 Å². The Kier molecular flexibility index (Phi) is 3.46. The monoisotopic (exact) mass is 208 g/mol. The van der Waals surface area contributed by atoms with Crippen molar-refractivity contribution in [2.75, 3.05) is 13.7 Å². The van der Waals surface area contributed by atoms with E-state index in [0.29, 0.717) is 0 Å². The van der Waals surface area contributed by atoms with E-state index in [0.717, 1.165) is 0 Å². The Morgan fingerprint density at radius 3 is 2.36 bits per heavy atom. The first-order valence-corrected chi connectivity index (χ1v) is 4.32. The van der Waals surface area contributed by atoms with Crippen LogP contribution >= 0.6 is 0 Å². The molecule has 0 aromatic rings. The maximum absolute atomic E-state index is 9.74. The van der Waals surface area contributed by atoms with Crippen LogP contribution in [0.2, 0.25) is 0 Å². The SMILES string of the molecule is CO[C@@H]1O[C@@H](CO)[C@@H](O)[C@@](C)(O)[C@H]1O. The fraction of sp³-hybridized carbons (Fsp3) is 1.00. The summed E-state index contributed by atoms with van der Waals surface area (Å²) in [5, 5.41) is 37.7. The maximum Gasteiger partial charge on any atom is 0.186 e. The third-order valence-electron chi connectivity index (χ3n) is 2.53. The molecule has 6 heteroatoms. The first kappa shape index (κ1) is 11.8. The van der Waals surface area contributed by atoms with Gasteiger partial charge in [-0.05, 0) is 6.92 Å². The average Bonchev–Trinajstić information content (AvgIpc) is 2.16. The normalized spacial score (nSPS) is 49.3. The molecule has 0 amide bonds. The topological polar surface area (TPSA) is 99.4 Å². The molecule has 0 spiro atoms. The highest BCUT2D eigenvalue weighted by Crippen LogP contribution is 2.29. The predicted octanol–water partition coefficient (Wildman–Crippen LogP) is -2.18. The molecule has 14 heavy (non-hydrogen) atoms. The van der Waals surface area contributed by atoms with Crippen molar-refractivity contribution >= 4 is 0 Å². The van der Waals surface area contributed by atoms with Crippen LogP contribution in [0.5, 0.6) is 0 Å². The largest absolute Gasteiger partial charge is 0.394 e. The van der Waals surface area contributed by atoms with Gasteiger partial charge in [0.15, 0.2) is 6.29 Å². The molecule has 0 saturated carbocycles. The summed E-state index contributed by atoms with van der Waals surface area (Å²) in [7, 11) is 1.30. The third kappa shape index (κ3) is 1.77. The van der Waals surface area contributed by atoms with Crippen LogP contribution in [0.1, 0.15) is 6.92 Å². The van der Waals surface area contributed by atoms with Gasteiger partial charge in [0, 0.05) is 7.11 Å². The van der Waals surface area contributed by atoms with Crippen LogP contribution in [0.25, 0.3) is 0 Å². The highest BCUT2D eigenvalue weighted by molar-refractivity contribution is 4.98. The minimum Gasteiger partial charge on any atom is -0.394 e. The molecule has 0 aromatic heterocycles. The van der Waals surface area contributed by atoms with Gasteiger partial charge in [-0.3, -0.25) is 0 Å². The number of rotatable bonds is 2. The standard InChI is InChI=1S/C8H16O6/c1-8(12)5(10)4(3-9)14-7(13-2)6(8)11/h4-7,9-12H,3H2,1-2H3/t4-,5+,6-,7+,8+/m0/s1. The lowest BCUT2D eigenvalue weighted by Gasteiger charge is -2.45. The lowest BCUT2D eigenvalue weighted by atomic mass is 9.86. The van der Waals surface area contributed by atoms with Gasteiger partial charge in [0.1, 0.15) is 23.9 Å². The van der Waals surface area contributed by atoms with E-state index in [1.165, 1.54) is 14.0 Å². The molecule has 1 saturated heterocycles. The van der Waals surface area contributed by atoms with Crippen molar-refractivity contribution < 1.29 is 29.9 Å². The summed E-state index contributed by atoms with van der Waals surface area (Å²) >= 11 is 0. The summed E-state index contributed by atoms with van der Waals surface area (Å²) in [5.41, 5.74) is -1.76. The van der Waals surface area contributed by atoms with Crippen molar-refractivity contribution in [1.29, 1.82) is 0 Å². The van der Waals surface area contributed by atoms with E-state index in [2.05, 4.69) is 0 Å². The van der Waals surface area contributed by atoms with Gasteiger partial charge >= 0.3 is 0 Å². The van der Waals surface area contributed by atoms with Crippen LogP contribution in [-0.4, -0.2) is 64.3 Å². The van der Waals surface area contributed by atoms with Gasteiger partial charge in [0.05, 0.1) is 6.61 Å². The molecular weight excluding hydrogens is 192 g/mol. The Labute approximate surface area is 81.7 Å². The molecular formula is C8H16O6. The molecule has 0 radical (unpaired) electrons. The molecule has 0 unspecified atom stereocenters. The second-order valence-corrected chi connectivity index (χ2v) is 3.58. The average molecular weight is 208 g/mol. The van der Waals surface area contributed by atoms with Crippen LogP contribution < -0.4 is 0 Å². The van der Waals surface area contributed by atoms with Gasteiger partial charge in [-0.25, -0.2) is 0 Å². The first-order chi connectivity index (χ1) is 6.45. The fourth-order valence-corrected chi connectivity index (χ4v) is 1.48. The number of hydrogen-bond donors (Lipinski definition) is 4. The van der Waals surface area contributed by atoms with Crippen molar-refractivity contribution in [3.8, 4) is 0 Å². The summed E-state index contributed by atoms with van der Waals surface area (Å²) in [4.78, 5) is 0. The van der Waals surface area contributed by atoms with Crippen molar-refractivity contribution in [3.63, 3.8) is 0 Å². The highest BCUT2D eigenvalue weighted by atomic mass is 16.7. The zero-order chi connectivity index (χ0) is 10.9. The van der Waals surface area contributed by atoms with Crippen LogP contribution in [-0.2, 0) is 9.47 Å². The zero-order valence-corrected chi connectivity index (χ0v) is 8.12. The van der Waals surface area contributed by atoms with Gasteiger partial charge in [0.2, 0.25) is 0 Å². The van der Waals surface area contributed by atoms with Crippen molar-refractivity contribution in [2.45, 2.75) is 37.1 Å². The maximum atomic E-state index is 9.74. The molecule has 6 nitrogen and oxygen atoms in total. The summed E-state index contributed by atoms with van der Waals surface area (Å²) in [5.74, 6) is 0. The van der Waals surface area contributed by atoms with E-state index in [-0.39, 0.29) is 0 Å². The van der Waals surface area contributed by atoms with Gasteiger partial charge in [-0.1, -0.05) is 0 Å². The number of ether oxygens (including phenoxy) is 2. The molecule has 4 N–H and O–H groups in total. The Hall–Kier alpha value is -0.240. The minimum atomic E-state index is -1.76. The number of methoxy groups -OCH3 is 1. The van der Waals surface area contributed by atoms with Crippen molar-refractivity contribution in [3.05, 3.63) is 0 Å². The number of hydrogen-bond acceptors (Lipinski definition) is 6. The Morgan fingerprint density at radius 1 is 1.36 bits per heavy atom. The summed E-state index contributed by atoms with van der Waals surface area (Å²) in [6.07, 6.45) is -4.72. The summed E-state index contributed by atoms with van der Waals surface area (Å²) < 4.78 is 9.78. The Morgan fingerprint density at radius 2 is 1.93 bits per heavy atom. The quantitative estimate of drug-likeness (QED) is 0.412. The smallest absolute Gasteiger partial charge is 0.186 e. The molecule has 1 aliphatic heterocycles. The number of aliphatic hydroxyl groups is 4. The third-order valence-corrected chi connectivity index (χ3v) is 2.53. The minimum absolute atomic E-state index is 0.454. The molecule has 0 aromatic carbocycles.